The maximum absolute atomic E-state index is 3.83. The van der Waals surface area contributed by atoms with Gasteiger partial charge in [0, 0.05) is 0 Å². The molecule has 0 radical (unpaired) electrons. The second-order valence-corrected chi connectivity index (χ2v) is 4.76. The van der Waals surface area contributed by atoms with Crippen LogP contribution in [0.3, 0.4) is 0 Å². The molecular weight excluding hydrogens is 264 g/mol. The summed E-state index contributed by atoms with van der Waals surface area (Å²) >= 11 is 0. The minimum atomic E-state index is 1.12. The standard InChI is InChI=1S/2C9H10.C4H6/c2*1-8(2)9-6-4-3-5-7-9;1-3-4-2/h2*3-7H,1H2,2H3;3-4H,1-2H2. The summed E-state index contributed by atoms with van der Waals surface area (Å²) < 4.78 is 0. The largest absolute Gasteiger partial charge is 0.0991 e. The number of hydrogen-bond acceptors (Lipinski definition) is 0. The average molecular weight is 290 g/mol. The Bertz CT molecular complexity index is 518. The van der Waals surface area contributed by atoms with Gasteiger partial charge in [-0.2, -0.15) is 0 Å². The van der Waals surface area contributed by atoms with E-state index in [9.17, 15) is 0 Å². The highest BCUT2D eigenvalue weighted by atomic mass is 13.9. The highest BCUT2D eigenvalue weighted by Gasteiger charge is 1.86. The first kappa shape index (κ1) is 19.4. The zero-order valence-electron chi connectivity index (χ0n) is 13.8. The molecule has 0 atom stereocenters. The number of allylic oxidation sites excluding steroid dienone is 4. The monoisotopic (exact) mass is 290 g/mol. The molecule has 0 aromatic heterocycles. The SMILES string of the molecule is C=C(C)c1ccccc1.C=C(C)c1ccccc1.C=CC=C. The van der Waals surface area contributed by atoms with Crippen LogP contribution in [0.4, 0.5) is 0 Å². The lowest BCUT2D eigenvalue weighted by atomic mass is 10.1. The molecule has 2 aromatic rings. The second kappa shape index (κ2) is 12.2. The van der Waals surface area contributed by atoms with E-state index < -0.39 is 0 Å². The van der Waals surface area contributed by atoms with Crippen molar-refractivity contribution < 1.29 is 0 Å². The second-order valence-electron chi connectivity index (χ2n) is 4.76. The summed E-state index contributed by atoms with van der Waals surface area (Å²) in [6.45, 7) is 18.4. The van der Waals surface area contributed by atoms with E-state index in [-0.39, 0.29) is 0 Å². The van der Waals surface area contributed by atoms with Crippen molar-refractivity contribution in [1.82, 2.24) is 0 Å². The molecule has 0 fully saturated rings. The van der Waals surface area contributed by atoms with Gasteiger partial charge in [0.2, 0.25) is 0 Å². The van der Waals surface area contributed by atoms with Gasteiger partial charge in [-0.15, -0.1) is 0 Å². The van der Waals surface area contributed by atoms with Crippen LogP contribution in [-0.4, -0.2) is 0 Å². The fourth-order valence-electron chi connectivity index (χ4n) is 1.45. The summed E-state index contributed by atoms with van der Waals surface area (Å²) in [4.78, 5) is 0. The van der Waals surface area contributed by atoms with Crippen molar-refractivity contribution in [2.75, 3.05) is 0 Å². The minimum absolute atomic E-state index is 1.12. The molecule has 2 rings (SSSR count). The third-order valence-corrected chi connectivity index (χ3v) is 2.70. The summed E-state index contributed by atoms with van der Waals surface area (Å²) in [5.41, 5.74) is 4.68. The summed E-state index contributed by atoms with van der Waals surface area (Å²) in [6, 6.07) is 20.3. The van der Waals surface area contributed by atoms with E-state index in [1.54, 1.807) is 12.2 Å². The van der Waals surface area contributed by atoms with Crippen molar-refractivity contribution in [3.8, 4) is 0 Å². The van der Waals surface area contributed by atoms with Gasteiger partial charge in [0.25, 0.3) is 0 Å². The van der Waals surface area contributed by atoms with Crippen LogP contribution in [0.1, 0.15) is 25.0 Å². The smallest absolute Gasteiger partial charge is 0.0233 e. The Morgan fingerprint density at radius 1 is 0.636 bits per heavy atom. The summed E-state index contributed by atoms with van der Waals surface area (Å²) in [5, 5.41) is 0. The van der Waals surface area contributed by atoms with Crippen LogP contribution in [0.2, 0.25) is 0 Å². The van der Waals surface area contributed by atoms with Gasteiger partial charge in [0.15, 0.2) is 0 Å². The fourth-order valence-corrected chi connectivity index (χ4v) is 1.45. The van der Waals surface area contributed by atoms with Crippen LogP contribution in [0, 0.1) is 0 Å². The molecule has 0 aliphatic carbocycles. The Kier molecular flexibility index (Phi) is 10.7. The van der Waals surface area contributed by atoms with Gasteiger partial charge >= 0.3 is 0 Å². The molecule has 0 N–H and O–H groups in total. The first-order valence-corrected chi connectivity index (χ1v) is 7.18. The predicted molar refractivity (Wildman–Crippen MR) is 103 cm³/mol. The van der Waals surface area contributed by atoms with E-state index in [1.165, 1.54) is 11.1 Å². The van der Waals surface area contributed by atoms with Crippen molar-refractivity contribution >= 4 is 11.1 Å². The topological polar surface area (TPSA) is 0 Å². The number of rotatable bonds is 3. The highest BCUT2D eigenvalue weighted by molar-refractivity contribution is 5.61. The van der Waals surface area contributed by atoms with E-state index in [0.717, 1.165) is 11.1 Å². The predicted octanol–water partition coefficient (Wildman–Crippen LogP) is 6.80. The van der Waals surface area contributed by atoms with Crippen LogP contribution in [-0.2, 0) is 0 Å². The van der Waals surface area contributed by atoms with Crippen molar-refractivity contribution in [1.29, 1.82) is 0 Å². The van der Waals surface area contributed by atoms with Gasteiger partial charge in [-0.25, -0.2) is 0 Å². The third-order valence-electron chi connectivity index (χ3n) is 2.70. The third kappa shape index (κ3) is 9.33. The van der Waals surface area contributed by atoms with Crippen LogP contribution in [0.5, 0.6) is 0 Å². The van der Waals surface area contributed by atoms with Gasteiger partial charge < -0.3 is 0 Å². The lowest BCUT2D eigenvalue weighted by Crippen LogP contribution is -1.72. The molecule has 22 heavy (non-hydrogen) atoms. The quantitative estimate of drug-likeness (QED) is 0.545. The van der Waals surface area contributed by atoms with Crippen LogP contribution in [0.15, 0.2) is 99.1 Å². The van der Waals surface area contributed by atoms with Crippen LogP contribution in [0.25, 0.3) is 11.1 Å². The van der Waals surface area contributed by atoms with E-state index in [4.69, 9.17) is 0 Å². The first-order chi connectivity index (χ1) is 10.5. The first-order valence-electron chi connectivity index (χ1n) is 7.18. The summed E-state index contributed by atoms with van der Waals surface area (Å²) in [5.74, 6) is 0. The Labute approximate surface area is 135 Å². The van der Waals surface area contributed by atoms with Crippen molar-refractivity contribution in [3.05, 3.63) is 110 Å². The molecule has 0 nitrogen and oxygen atoms in total. The van der Waals surface area contributed by atoms with Crippen molar-refractivity contribution in [2.24, 2.45) is 0 Å². The molecule has 0 unspecified atom stereocenters. The molecule has 0 saturated heterocycles. The Morgan fingerprint density at radius 3 is 1.05 bits per heavy atom. The molecule has 0 heterocycles. The van der Waals surface area contributed by atoms with Crippen LogP contribution < -0.4 is 0 Å². The molecule has 2 aromatic carbocycles. The number of benzene rings is 2. The zero-order valence-corrected chi connectivity index (χ0v) is 13.8. The van der Waals surface area contributed by atoms with Crippen molar-refractivity contribution in [3.63, 3.8) is 0 Å². The maximum Gasteiger partial charge on any atom is -0.0233 e. The normalized spacial score (nSPS) is 8.27. The van der Waals surface area contributed by atoms with Gasteiger partial charge in [0.05, 0.1) is 0 Å². The Morgan fingerprint density at radius 2 is 0.909 bits per heavy atom. The average Bonchev–Trinajstić information content (AvgIpc) is 2.57. The van der Waals surface area contributed by atoms with Gasteiger partial charge in [-0.05, 0) is 25.0 Å². The number of hydrogen-bond donors (Lipinski definition) is 0. The fraction of sp³-hybridized carbons (Fsp3) is 0.0909. The van der Waals surface area contributed by atoms with Crippen molar-refractivity contribution in [2.45, 2.75) is 13.8 Å². The highest BCUT2D eigenvalue weighted by Crippen LogP contribution is 2.09. The minimum Gasteiger partial charge on any atom is -0.0991 e. The Balaban J connectivity index is 0.000000326. The molecule has 0 bridgehead atoms. The van der Waals surface area contributed by atoms with E-state index in [0.29, 0.717) is 0 Å². The van der Waals surface area contributed by atoms with Gasteiger partial charge in [0.1, 0.15) is 0 Å². The molecule has 0 aliphatic rings. The lowest BCUT2D eigenvalue weighted by molar-refractivity contribution is 1.58. The molecule has 0 spiro atoms. The van der Waals surface area contributed by atoms with E-state index in [1.807, 2.05) is 50.2 Å². The maximum atomic E-state index is 3.83. The lowest BCUT2D eigenvalue weighted by Gasteiger charge is -1.94. The van der Waals surface area contributed by atoms with Gasteiger partial charge in [-0.1, -0.05) is 110 Å². The Hall–Kier alpha value is -2.60. The summed E-state index contributed by atoms with van der Waals surface area (Å²) in [6.07, 6.45) is 3.28. The van der Waals surface area contributed by atoms with E-state index >= 15 is 0 Å². The molecule has 114 valence electrons. The van der Waals surface area contributed by atoms with E-state index in [2.05, 4.69) is 50.6 Å². The molecular formula is C22H26. The molecule has 0 aliphatic heterocycles. The molecule has 0 amide bonds. The van der Waals surface area contributed by atoms with Gasteiger partial charge in [-0.3, -0.25) is 0 Å². The summed E-state index contributed by atoms with van der Waals surface area (Å²) in [7, 11) is 0. The van der Waals surface area contributed by atoms with Crippen LogP contribution >= 0.6 is 0 Å². The molecule has 0 saturated carbocycles. The zero-order chi connectivity index (χ0) is 16.8. The molecule has 0 heteroatoms.